The predicted molar refractivity (Wildman–Crippen MR) is 143 cm³/mol. The van der Waals surface area contributed by atoms with Crippen LogP contribution in [0.3, 0.4) is 0 Å². The van der Waals surface area contributed by atoms with Gasteiger partial charge in [0, 0.05) is 31.6 Å². The summed E-state index contributed by atoms with van der Waals surface area (Å²) in [5.74, 6) is 0. The Bertz CT molecular complexity index is 1220. The number of unbranched alkanes of at least 4 members (excludes halogenated alkanes) is 2. The molecule has 0 aromatic heterocycles. The van der Waals surface area contributed by atoms with Crippen molar-refractivity contribution >= 4 is 10.0 Å². The number of aryl methyl sites for hydroxylation is 1. The van der Waals surface area contributed by atoms with E-state index in [0.717, 1.165) is 48.9 Å². The largest absolute Gasteiger partial charge is 0.356 e. The number of quaternary nitrogens is 1. The molecule has 0 bridgehead atoms. The third-order valence-corrected chi connectivity index (χ3v) is 7.97. The Kier molecular flexibility index (Phi) is 8.80. The van der Waals surface area contributed by atoms with Crippen molar-refractivity contribution in [1.82, 2.24) is 14.5 Å². The van der Waals surface area contributed by atoms with Crippen LogP contribution >= 0.6 is 0 Å². The van der Waals surface area contributed by atoms with Gasteiger partial charge in [-0.3, -0.25) is 0 Å². The van der Waals surface area contributed by atoms with E-state index in [2.05, 4.69) is 28.2 Å². The van der Waals surface area contributed by atoms with E-state index in [1.54, 1.807) is 12.1 Å². The maximum atomic E-state index is 13.4. The van der Waals surface area contributed by atoms with Crippen LogP contribution < -0.4 is 10.5 Å². The maximum absolute atomic E-state index is 13.4. The van der Waals surface area contributed by atoms with Crippen LogP contribution in [-0.2, 0) is 16.4 Å². The van der Waals surface area contributed by atoms with Crippen LogP contribution in [0.1, 0.15) is 48.0 Å². The van der Waals surface area contributed by atoms with Gasteiger partial charge in [0.15, 0.2) is 0 Å². The van der Waals surface area contributed by atoms with E-state index < -0.39 is 16.1 Å². The molecule has 6 nitrogen and oxygen atoms in total. The number of nitrogens with one attached hydrogen (secondary N) is 1. The number of sulfonamides is 1. The summed E-state index contributed by atoms with van der Waals surface area (Å²) in [5.41, 5.74) is 7.34. The van der Waals surface area contributed by atoms with Gasteiger partial charge in [-0.25, -0.2) is 8.42 Å². The average Bonchev–Trinajstić information content (AvgIpc) is 3.33. The molecule has 0 saturated carbocycles. The quantitative estimate of drug-likeness (QED) is 0.362. The van der Waals surface area contributed by atoms with Gasteiger partial charge in [0.1, 0.15) is 18.8 Å². The van der Waals surface area contributed by atoms with Crippen molar-refractivity contribution in [1.29, 1.82) is 0 Å². The molecule has 0 aliphatic carbocycles. The van der Waals surface area contributed by atoms with E-state index in [1.807, 2.05) is 90.9 Å². The fourth-order valence-corrected chi connectivity index (χ4v) is 5.71. The lowest BCUT2D eigenvalue weighted by Gasteiger charge is -2.23. The summed E-state index contributed by atoms with van der Waals surface area (Å²) < 4.78 is 29.6. The van der Waals surface area contributed by atoms with Crippen LogP contribution in [0.2, 0.25) is 0 Å². The Morgan fingerprint density at radius 2 is 1.44 bits per heavy atom. The van der Waals surface area contributed by atoms with E-state index in [0.29, 0.717) is 0 Å². The highest BCUT2D eigenvalue weighted by atomic mass is 32.2. The van der Waals surface area contributed by atoms with Gasteiger partial charge >= 0.3 is 0 Å². The minimum atomic E-state index is -3.73. The Labute approximate surface area is 215 Å². The zero-order valence-corrected chi connectivity index (χ0v) is 21.6. The summed E-state index contributed by atoms with van der Waals surface area (Å²) in [6.07, 6.45) is 8.41. The van der Waals surface area contributed by atoms with Crippen molar-refractivity contribution in [2.24, 2.45) is 0 Å². The van der Waals surface area contributed by atoms with Crippen molar-refractivity contribution in [2.75, 3.05) is 13.6 Å². The molecule has 0 spiro atoms. The normalized spacial score (nSPS) is 15.3. The molecule has 1 aliphatic rings. The van der Waals surface area contributed by atoms with E-state index in [-0.39, 0.29) is 10.9 Å². The molecule has 1 heterocycles. The second-order valence-electron chi connectivity index (χ2n) is 9.30. The Hall–Kier alpha value is -3.13. The third kappa shape index (κ3) is 6.97. The highest BCUT2D eigenvalue weighted by molar-refractivity contribution is 7.89. The second-order valence-corrected chi connectivity index (χ2v) is 11.0. The summed E-state index contributed by atoms with van der Waals surface area (Å²) in [4.78, 5) is 4.52. The average molecular weight is 505 g/mol. The minimum absolute atomic E-state index is 0.271. The summed E-state index contributed by atoms with van der Waals surface area (Å²) in [6, 6.07) is 25.9. The number of benzene rings is 3. The first-order chi connectivity index (χ1) is 17.4. The number of hydrogen-bond acceptors (Lipinski definition) is 4. The molecule has 189 valence electrons. The van der Waals surface area contributed by atoms with Crippen molar-refractivity contribution in [3.05, 3.63) is 121 Å². The molecule has 0 amide bonds. The second kappa shape index (κ2) is 12.2. The molecular formula is C29H36N4O2S+. The molecule has 0 unspecified atom stereocenters. The Morgan fingerprint density at radius 3 is 2.06 bits per heavy atom. The highest BCUT2D eigenvalue weighted by Gasteiger charge is 2.29. The summed E-state index contributed by atoms with van der Waals surface area (Å²) in [6.45, 7) is 3.11. The molecular weight excluding hydrogens is 468 g/mol. The molecule has 1 radical (unpaired) electrons. The predicted octanol–water partition coefficient (Wildman–Crippen LogP) is 4.24. The van der Waals surface area contributed by atoms with E-state index in [4.69, 9.17) is 0 Å². The SMILES string of the molecule is CN1[CH]N(CCCCCc2ccc(S(=O)(=O)N[C@@H](c3ccccc3)[C@@H]([NH3+])c3ccccc3)cc2)C=C1. The standard InChI is InChI=1S/C29H35N4O2S/c1-32-21-22-33(23-32)20-10-4-5-11-24-16-18-27(19-17-24)36(34,35)31-29(26-14-8-3-9-15-26)28(30)25-12-6-2-7-13-25/h2-3,6-9,12-19,21-23,28-29,31H,4-5,10-11,20,30H2,1H3/p+1/t28-,29-/m0/s1. The van der Waals surface area contributed by atoms with Crippen LogP contribution in [0, 0.1) is 6.67 Å². The van der Waals surface area contributed by atoms with Gasteiger partial charge in [0.25, 0.3) is 0 Å². The van der Waals surface area contributed by atoms with Gasteiger partial charge in [-0.1, -0.05) is 79.2 Å². The molecule has 2 atom stereocenters. The smallest absolute Gasteiger partial charge is 0.241 e. The van der Waals surface area contributed by atoms with Crippen LogP contribution in [0.5, 0.6) is 0 Å². The van der Waals surface area contributed by atoms with Gasteiger partial charge in [0.05, 0.1) is 4.90 Å². The molecule has 1 aliphatic heterocycles. The molecule has 36 heavy (non-hydrogen) atoms. The molecule has 0 saturated heterocycles. The number of rotatable bonds is 12. The van der Waals surface area contributed by atoms with Gasteiger partial charge in [-0.05, 0) is 42.5 Å². The number of nitrogens with zero attached hydrogens (tertiary/aromatic N) is 2. The van der Waals surface area contributed by atoms with Gasteiger partial charge in [0.2, 0.25) is 10.0 Å². The minimum Gasteiger partial charge on any atom is -0.356 e. The topological polar surface area (TPSA) is 80.3 Å². The van der Waals surface area contributed by atoms with Crippen molar-refractivity contribution < 1.29 is 14.2 Å². The first-order valence-electron chi connectivity index (χ1n) is 12.5. The zero-order chi connectivity index (χ0) is 25.4. The van der Waals surface area contributed by atoms with E-state index in [9.17, 15) is 8.42 Å². The van der Waals surface area contributed by atoms with Crippen molar-refractivity contribution in [3.63, 3.8) is 0 Å². The van der Waals surface area contributed by atoms with Crippen LogP contribution in [0.15, 0.2) is 102 Å². The van der Waals surface area contributed by atoms with Gasteiger partial charge in [-0.2, -0.15) is 4.72 Å². The molecule has 4 rings (SSSR count). The lowest BCUT2D eigenvalue weighted by atomic mass is 9.95. The fourth-order valence-electron chi connectivity index (χ4n) is 4.44. The van der Waals surface area contributed by atoms with Gasteiger partial charge < -0.3 is 15.5 Å². The van der Waals surface area contributed by atoms with Crippen molar-refractivity contribution in [3.8, 4) is 0 Å². The first-order valence-corrected chi connectivity index (χ1v) is 14.0. The molecule has 4 N–H and O–H groups in total. The highest BCUT2D eigenvalue weighted by Crippen LogP contribution is 2.27. The van der Waals surface area contributed by atoms with E-state index in [1.165, 1.54) is 0 Å². The summed E-state index contributed by atoms with van der Waals surface area (Å²) >= 11 is 0. The summed E-state index contributed by atoms with van der Waals surface area (Å²) in [5, 5.41) is 0. The molecule has 7 heteroatoms. The number of hydrogen-bond donors (Lipinski definition) is 2. The van der Waals surface area contributed by atoms with Crippen molar-refractivity contribution in [2.45, 2.75) is 42.7 Å². The molecule has 3 aromatic rings. The van der Waals surface area contributed by atoms with Crippen LogP contribution in [0.25, 0.3) is 0 Å². The maximum Gasteiger partial charge on any atom is 0.241 e. The molecule has 0 fully saturated rings. The van der Waals surface area contributed by atoms with Gasteiger partial charge in [-0.15, -0.1) is 0 Å². The fraction of sp³-hybridized carbons (Fsp3) is 0.276. The zero-order valence-electron chi connectivity index (χ0n) is 20.8. The monoisotopic (exact) mass is 504 g/mol. The summed E-state index contributed by atoms with van der Waals surface area (Å²) in [7, 11) is -1.70. The third-order valence-electron chi connectivity index (χ3n) is 6.51. The van der Waals surface area contributed by atoms with E-state index >= 15 is 0 Å². The lowest BCUT2D eigenvalue weighted by molar-refractivity contribution is -0.433. The Morgan fingerprint density at radius 1 is 0.806 bits per heavy atom. The lowest BCUT2D eigenvalue weighted by Crippen LogP contribution is -2.59. The van der Waals surface area contributed by atoms with Crippen LogP contribution in [0.4, 0.5) is 0 Å². The first kappa shape index (κ1) is 25.9. The Balaban J connectivity index is 1.36. The molecule has 3 aromatic carbocycles. The van der Waals surface area contributed by atoms with Crippen LogP contribution in [-0.4, -0.2) is 31.8 Å².